The quantitative estimate of drug-likeness (QED) is 0.716. The maximum absolute atomic E-state index is 13.0. The summed E-state index contributed by atoms with van der Waals surface area (Å²) in [7, 11) is 0. The smallest absolute Gasteiger partial charge is 0.341 e. The molecule has 6 heteroatoms. The number of carbonyl (C=O) groups is 1. The third-order valence-corrected chi connectivity index (χ3v) is 2.12. The molecule has 4 N–H and O–H groups in total. The van der Waals surface area contributed by atoms with Gasteiger partial charge in [-0.3, -0.25) is 5.10 Å². The van der Waals surface area contributed by atoms with E-state index in [-0.39, 0.29) is 17.1 Å². The molecule has 1 aromatic heterocycles. The zero-order chi connectivity index (χ0) is 11.7. The molecule has 0 aliphatic carbocycles. The molecular weight excluding hydrogens is 213 g/mol. The molecule has 2 aromatic rings. The van der Waals surface area contributed by atoms with Crippen molar-refractivity contribution >= 4 is 11.8 Å². The van der Waals surface area contributed by atoms with Gasteiger partial charge in [-0.15, -0.1) is 0 Å². The standard InChI is InChI=1S/C10H8FN3O2/c11-6-3-1-2-5(4-6)8-7(10(15)16)9(12)14-13-8/h1-4H,(H,15,16)(H3,12,13,14). The number of nitrogens with two attached hydrogens (primary N) is 1. The van der Waals surface area contributed by atoms with E-state index in [0.717, 1.165) is 0 Å². The van der Waals surface area contributed by atoms with Crippen molar-refractivity contribution in [3.05, 3.63) is 35.6 Å². The Morgan fingerprint density at radius 3 is 2.88 bits per heavy atom. The number of aromatic carboxylic acids is 1. The highest BCUT2D eigenvalue weighted by Gasteiger charge is 2.19. The van der Waals surface area contributed by atoms with Gasteiger partial charge in [-0.05, 0) is 12.1 Å². The molecule has 82 valence electrons. The lowest BCUT2D eigenvalue weighted by Gasteiger charge is -1.99. The van der Waals surface area contributed by atoms with E-state index in [1.165, 1.54) is 18.2 Å². The minimum absolute atomic E-state index is 0.119. The first-order valence-electron chi connectivity index (χ1n) is 4.42. The van der Waals surface area contributed by atoms with Gasteiger partial charge in [0.25, 0.3) is 0 Å². The average molecular weight is 221 g/mol. The van der Waals surface area contributed by atoms with Crippen LogP contribution in [0.4, 0.5) is 10.2 Å². The number of rotatable bonds is 2. The van der Waals surface area contributed by atoms with Crippen molar-refractivity contribution in [3.8, 4) is 11.3 Å². The highest BCUT2D eigenvalue weighted by molar-refractivity contribution is 5.99. The minimum atomic E-state index is -1.20. The van der Waals surface area contributed by atoms with Gasteiger partial charge in [-0.25, -0.2) is 9.18 Å². The van der Waals surface area contributed by atoms with Gasteiger partial charge in [-0.1, -0.05) is 12.1 Å². The molecular formula is C10H8FN3O2. The topological polar surface area (TPSA) is 92.0 Å². The van der Waals surface area contributed by atoms with E-state index in [1.54, 1.807) is 6.07 Å². The van der Waals surface area contributed by atoms with Crippen LogP contribution >= 0.6 is 0 Å². The number of benzene rings is 1. The molecule has 0 atom stereocenters. The molecule has 0 bridgehead atoms. The van der Waals surface area contributed by atoms with E-state index in [9.17, 15) is 9.18 Å². The molecule has 1 heterocycles. The number of aromatic amines is 1. The van der Waals surface area contributed by atoms with Crippen LogP contribution in [0.2, 0.25) is 0 Å². The molecule has 0 saturated carbocycles. The Labute approximate surface area is 89.7 Å². The van der Waals surface area contributed by atoms with Crippen LogP contribution in [-0.2, 0) is 0 Å². The Morgan fingerprint density at radius 2 is 2.25 bits per heavy atom. The summed E-state index contributed by atoms with van der Waals surface area (Å²) in [6.45, 7) is 0. The Bertz CT molecular complexity index is 551. The predicted molar refractivity (Wildman–Crippen MR) is 55.4 cm³/mol. The first kappa shape index (κ1) is 10.2. The van der Waals surface area contributed by atoms with Crippen LogP contribution < -0.4 is 5.73 Å². The van der Waals surface area contributed by atoms with E-state index in [1.807, 2.05) is 0 Å². The fourth-order valence-electron chi connectivity index (χ4n) is 1.43. The number of carboxylic acid groups (broad SMARTS) is 1. The lowest BCUT2D eigenvalue weighted by molar-refractivity contribution is 0.0699. The second kappa shape index (κ2) is 3.65. The summed E-state index contributed by atoms with van der Waals surface area (Å²) in [5, 5.41) is 15.0. The molecule has 5 nitrogen and oxygen atoms in total. The molecule has 0 aliphatic rings. The number of nitrogens with one attached hydrogen (secondary N) is 1. The first-order chi connectivity index (χ1) is 7.59. The molecule has 16 heavy (non-hydrogen) atoms. The van der Waals surface area contributed by atoms with Crippen molar-refractivity contribution in [2.75, 3.05) is 5.73 Å². The van der Waals surface area contributed by atoms with Gasteiger partial charge >= 0.3 is 5.97 Å². The molecule has 0 fully saturated rings. The second-order valence-electron chi connectivity index (χ2n) is 3.17. The molecule has 0 unspecified atom stereocenters. The van der Waals surface area contributed by atoms with Gasteiger partial charge in [0, 0.05) is 5.56 Å². The van der Waals surface area contributed by atoms with Crippen LogP contribution in [0.3, 0.4) is 0 Å². The van der Waals surface area contributed by atoms with Crippen LogP contribution in [0.5, 0.6) is 0 Å². The van der Waals surface area contributed by atoms with Gasteiger partial charge in [0.2, 0.25) is 0 Å². The second-order valence-corrected chi connectivity index (χ2v) is 3.17. The van der Waals surface area contributed by atoms with Crippen LogP contribution in [0.1, 0.15) is 10.4 Å². The number of H-pyrrole nitrogens is 1. The molecule has 0 radical (unpaired) electrons. The minimum Gasteiger partial charge on any atom is -0.477 e. The van der Waals surface area contributed by atoms with Crippen molar-refractivity contribution in [1.82, 2.24) is 10.2 Å². The van der Waals surface area contributed by atoms with Crippen LogP contribution in [0.15, 0.2) is 24.3 Å². The van der Waals surface area contributed by atoms with Crippen LogP contribution in [0, 0.1) is 5.82 Å². The normalized spacial score (nSPS) is 10.3. The summed E-state index contributed by atoms with van der Waals surface area (Å²) in [6.07, 6.45) is 0. The number of hydrogen-bond acceptors (Lipinski definition) is 3. The lowest BCUT2D eigenvalue weighted by Crippen LogP contribution is -2.01. The summed E-state index contributed by atoms with van der Waals surface area (Å²) >= 11 is 0. The number of carboxylic acids is 1. The fourth-order valence-corrected chi connectivity index (χ4v) is 1.43. The van der Waals surface area contributed by atoms with Crippen molar-refractivity contribution < 1.29 is 14.3 Å². The van der Waals surface area contributed by atoms with E-state index >= 15 is 0 Å². The number of halogens is 1. The summed E-state index contributed by atoms with van der Waals surface area (Å²) in [4.78, 5) is 10.9. The molecule has 0 spiro atoms. The summed E-state index contributed by atoms with van der Waals surface area (Å²) in [6, 6.07) is 5.53. The summed E-state index contributed by atoms with van der Waals surface area (Å²) in [5.74, 6) is -1.78. The molecule has 2 rings (SSSR count). The average Bonchev–Trinajstić information content (AvgIpc) is 2.60. The third kappa shape index (κ3) is 1.60. The highest BCUT2D eigenvalue weighted by Crippen LogP contribution is 2.25. The Balaban J connectivity index is 2.60. The maximum atomic E-state index is 13.0. The number of anilines is 1. The van der Waals surface area contributed by atoms with E-state index in [4.69, 9.17) is 10.8 Å². The number of aromatic nitrogens is 2. The van der Waals surface area contributed by atoms with Gasteiger partial charge < -0.3 is 10.8 Å². The molecule has 0 aliphatic heterocycles. The van der Waals surface area contributed by atoms with Crippen molar-refractivity contribution in [1.29, 1.82) is 0 Å². The largest absolute Gasteiger partial charge is 0.477 e. The molecule has 0 saturated heterocycles. The predicted octanol–water partition coefficient (Wildman–Crippen LogP) is 1.50. The number of nitrogens with zero attached hydrogens (tertiary/aromatic N) is 1. The van der Waals surface area contributed by atoms with Crippen molar-refractivity contribution in [2.45, 2.75) is 0 Å². The van der Waals surface area contributed by atoms with Gasteiger partial charge in [-0.2, -0.15) is 5.10 Å². The Morgan fingerprint density at radius 1 is 1.50 bits per heavy atom. The third-order valence-electron chi connectivity index (χ3n) is 2.12. The SMILES string of the molecule is Nc1n[nH]c(-c2cccc(F)c2)c1C(=O)O. The molecule has 1 aromatic carbocycles. The zero-order valence-corrected chi connectivity index (χ0v) is 8.07. The number of hydrogen-bond donors (Lipinski definition) is 3. The van der Waals surface area contributed by atoms with Gasteiger partial charge in [0.15, 0.2) is 5.82 Å². The van der Waals surface area contributed by atoms with E-state index in [0.29, 0.717) is 5.56 Å². The van der Waals surface area contributed by atoms with Gasteiger partial charge in [0.05, 0.1) is 5.69 Å². The van der Waals surface area contributed by atoms with E-state index in [2.05, 4.69) is 10.2 Å². The maximum Gasteiger partial charge on any atom is 0.341 e. The summed E-state index contributed by atoms with van der Waals surface area (Å²) < 4.78 is 13.0. The monoisotopic (exact) mass is 221 g/mol. The Hall–Kier alpha value is -2.37. The summed E-state index contributed by atoms with van der Waals surface area (Å²) in [5.41, 5.74) is 5.84. The zero-order valence-electron chi connectivity index (χ0n) is 8.07. The van der Waals surface area contributed by atoms with Crippen LogP contribution in [0.25, 0.3) is 11.3 Å². The molecule has 0 amide bonds. The van der Waals surface area contributed by atoms with Crippen LogP contribution in [-0.4, -0.2) is 21.3 Å². The first-order valence-corrected chi connectivity index (χ1v) is 4.42. The fraction of sp³-hybridized carbons (Fsp3) is 0. The number of nitrogen functional groups attached to an aromatic ring is 1. The van der Waals surface area contributed by atoms with Crippen molar-refractivity contribution in [2.24, 2.45) is 0 Å². The lowest BCUT2D eigenvalue weighted by atomic mass is 10.1. The highest BCUT2D eigenvalue weighted by atomic mass is 19.1. The van der Waals surface area contributed by atoms with Crippen molar-refractivity contribution in [3.63, 3.8) is 0 Å². The van der Waals surface area contributed by atoms with Gasteiger partial charge in [0.1, 0.15) is 11.4 Å². The van der Waals surface area contributed by atoms with E-state index < -0.39 is 11.8 Å². The Kier molecular flexibility index (Phi) is 2.32.